The number of unbranched alkanes of at least 4 members (excludes halogenated alkanes) is 3. The maximum Gasteiger partial charge on any atom is 0.0598 e. The summed E-state index contributed by atoms with van der Waals surface area (Å²) < 4.78 is 28.0. The monoisotopic (exact) mass is 716 g/mol. The van der Waals surface area contributed by atoms with Gasteiger partial charge in [0.05, 0.1) is 30.0 Å². The topological polar surface area (TPSA) is 58.2 Å². The molecule has 0 heterocycles. The molecule has 6 nitrogen and oxygen atoms in total. The van der Waals surface area contributed by atoms with E-state index in [4.69, 9.17) is 23.7 Å². The molecule has 0 spiro atoms. The third-order valence-electron chi connectivity index (χ3n) is 7.21. The number of hydrogen-bond donors (Lipinski definition) is 1. The minimum atomic E-state index is -0.0302. The van der Waals surface area contributed by atoms with Crippen LogP contribution >= 0.6 is 0 Å². The van der Waals surface area contributed by atoms with Crippen LogP contribution in [0.15, 0.2) is 12.2 Å². The second-order valence-corrected chi connectivity index (χ2v) is 17.9. The van der Waals surface area contributed by atoms with Gasteiger partial charge in [-0.05, 0) is 132 Å². The van der Waals surface area contributed by atoms with Crippen molar-refractivity contribution in [2.75, 3.05) is 59.3 Å². The van der Waals surface area contributed by atoms with Crippen molar-refractivity contribution < 1.29 is 23.7 Å². The van der Waals surface area contributed by atoms with E-state index in [9.17, 15) is 0 Å². The maximum absolute atomic E-state index is 5.64. The summed E-state index contributed by atoms with van der Waals surface area (Å²) in [6.07, 6.45) is 19.1. The Bertz CT molecular complexity index is 686. The summed E-state index contributed by atoms with van der Waals surface area (Å²) in [5, 5.41) is 3.42. The van der Waals surface area contributed by atoms with Crippen molar-refractivity contribution in [2.24, 2.45) is 17.8 Å². The van der Waals surface area contributed by atoms with Gasteiger partial charge in [0.2, 0.25) is 0 Å². The van der Waals surface area contributed by atoms with Crippen LogP contribution in [0.25, 0.3) is 0 Å². The first-order valence-corrected chi connectivity index (χ1v) is 20.7. The molecule has 0 aromatic rings. The Morgan fingerprint density at radius 1 is 0.400 bits per heavy atom. The molecule has 50 heavy (non-hydrogen) atoms. The quantitative estimate of drug-likeness (QED) is 0.0643. The Kier molecular flexibility index (Phi) is 38.3. The number of rotatable bonds is 28. The fraction of sp³-hybridized carbons (Fsp3) is 0.955. The van der Waals surface area contributed by atoms with Crippen LogP contribution < -0.4 is 5.32 Å². The van der Waals surface area contributed by atoms with E-state index in [2.05, 4.69) is 121 Å². The zero-order valence-corrected chi connectivity index (χ0v) is 36.8. The standard InChI is InChI=1S/C16H35NO2.C16H32O2.C12H26O/c1-15(2)9-6-7-10-17-11-14-18-12-8-13-19-16(3,4)5;1-15(2)11-8-6-7-9-12-17-13-10-14-18-16(3,4)5;1-11(2)9-7-6-8-10-13-12(3,4)5/h15,17H,6-14H2,1-5H3;6-7,15H,8-14H2,1-5H3;11H,6-10H2,1-5H3. The SMILES string of the molecule is CC(C)CCC=CCCOCCCOC(C)(C)C.CC(C)CCCCCOC(C)(C)C.CC(C)CCCCNCCOCCCOC(C)(C)C. The third kappa shape index (κ3) is 62.6. The van der Waals surface area contributed by atoms with E-state index in [0.29, 0.717) is 0 Å². The Hall–Kier alpha value is -0.500. The summed E-state index contributed by atoms with van der Waals surface area (Å²) in [6.45, 7) is 40.3. The Morgan fingerprint density at radius 2 is 0.820 bits per heavy atom. The van der Waals surface area contributed by atoms with Crippen molar-refractivity contribution in [2.45, 2.75) is 198 Å². The van der Waals surface area contributed by atoms with Crippen LogP contribution in [0.2, 0.25) is 0 Å². The molecule has 0 amide bonds. The van der Waals surface area contributed by atoms with Crippen molar-refractivity contribution in [3.8, 4) is 0 Å². The van der Waals surface area contributed by atoms with E-state index in [-0.39, 0.29) is 16.8 Å². The summed E-state index contributed by atoms with van der Waals surface area (Å²) in [6, 6.07) is 0. The molecule has 0 aliphatic rings. The Morgan fingerprint density at radius 3 is 1.28 bits per heavy atom. The molecule has 0 aromatic heterocycles. The molecule has 0 radical (unpaired) electrons. The van der Waals surface area contributed by atoms with Gasteiger partial charge in [-0.3, -0.25) is 0 Å². The highest BCUT2D eigenvalue weighted by Crippen LogP contribution is 2.12. The number of allylic oxidation sites excluding steroid dienone is 1. The summed E-state index contributed by atoms with van der Waals surface area (Å²) >= 11 is 0. The van der Waals surface area contributed by atoms with E-state index in [0.717, 1.165) is 96.4 Å². The molecule has 1 N–H and O–H groups in total. The highest BCUT2D eigenvalue weighted by molar-refractivity contribution is 4.81. The van der Waals surface area contributed by atoms with E-state index in [1.54, 1.807) is 0 Å². The van der Waals surface area contributed by atoms with Gasteiger partial charge in [-0.1, -0.05) is 85.8 Å². The average molecular weight is 716 g/mol. The molecular formula is C44H93NO5. The van der Waals surface area contributed by atoms with Gasteiger partial charge in [0.25, 0.3) is 0 Å². The number of nitrogens with one attached hydrogen (secondary N) is 1. The van der Waals surface area contributed by atoms with Crippen molar-refractivity contribution in [3.63, 3.8) is 0 Å². The van der Waals surface area contributed by atoms with Gasteiger partial charge in [0.15, 0.2) is 0 Å². The first kappa shape index (κ1) is 53.8. The molecule has 0 atom stereocenters. The smallest absolute Gasteiger partial charge is 0.0598 e. The van der Waals surface area contributed by atoms with E-state index in [1.807, 2.05) is 0 Å². The van der Waals surface area contributed by atoms with Gasteiger partial charge in [-0.25, -0.2) is 0 Å². The van der Waals surface area contributed by atoms with Gasteiger partial charge >= 0.3 is 0 Å². The zero-order valence-electron chi connectivity index (χ0n) is 36.8. The van der Waals surface area contributed by atoms with Crippen LogP contribution in [0.5, 0.6) is 0 Å². The molecular weight excluding hydrogens is 622 g/mol. The second kappa shape index (κ2) is 35.5. The fourth-order valence-electron chi connectivity index (χ4n) is 4.38. The van der Waals surface area contributed by atoms with Gasteiger partial charge in [-0.2, -0.15) is 0 Å². The first-order valence-electron chi connectivity index (χ1n) is 20.7. The van der Waals surface area contributed by atoms with Crippen LogP contribution in [-0.4, -0.2) is 76.1 Å². The lowest BCUT2D eigenvalue weighted by molar-refractivity contribution is -0.0141. The Labute approximate surface area is 315 Å². The van der Waals surface area contributed by atoms with Gasteiger partial charge in [0, 0.05) is 39.6 Å². The first-order chi connectivity index (χ1) is 23.2. The van der Waals surface area contributed by atoms with Crippen molar-refractivity contribution in [3.05, 3.63) is 12.2 Å². The van der Waals surface area contributed by atoms with Crippen LogP contribution in [0.4, 0.5) is 0 Å². The molecule has 0 unspecified atom stereocenters. The van der Waals surface area contributed by atoms with Crippen LogP contribution in [0.3, 0.4) is 0 Å². The van der Waals surface area contributed by atoms with Gasteiger partial charge in [0.1, 0.15) is 0 Å². The van der Waals surface area contributed by atoms with E-state index in [1.165, 1.54) is 57.8 Å². The predicted octanol–water partition coefficient (Wildman–Crippen LogP) is 12.2. The van der Waals surface area contributed by atoms with Crippen LogP contribution in [0, 0.1) is 17.8 Å². The largest absolute Gasteiger partial charge is 0.381 e. The third-order valence-corrected chi connectivity index (χ3v) is 7.21. The normalized spacial score (nSPS) is 12.5. The maximum atomic E-state index is 5.64. The summed E-state index contributed by atoms with van der Waals surface area (Å²) in [5.41, 5.74) is -0.0191. The highest BCUT2D eigenvalue weighted by atomic mass is 16.5. The average Bonchev–Trinajstić information content (AvgIpc) is 2.97. The molecule has 0 aromatic carbocycles. The van der Waals surface area contributed by atoms with E-state index >= 15 is 0 Å². The molecule has 6 heteroatoms. The van der Waals surface area contributed by atoms with E-state index < -0.39 is 0 Å². The molecule has 0 aliphatic heterocycles. The summed E-state index contributed by atoms with van der Waals surface area (Å²) in [7, 11) is 0. The van der Waals surface area contributed by atoms with Crippen molar-refractivity contribution in [1.29, 1.82) is 0 Å². The lowest BCUT2D eigenvalue weighted by atomic mass is 10.1. The molecule has 0 bridgehead atoms. The van der Waals surface area contributed by atoms with Gasteiger partial charge < -0.3 is 29.0 Å². The highest BCUT2D eigenvalue weighted by Gasteiger charge is 2.10. The lowest BCUT2D eigenvalue weighted by Crippen LogP contribution is -2.22. The summed E-state index contributed by atoms with van der Waals surface area (Å²) in [4.78, 5) is 0. The predicted molar refractivity (Wildman–Crippen MR) is 221 cm³/mol. The lowest BCUT2D eigenvalue weighted by Gasteiger charge is -2.19. The number of hydrogen-bond acceptors (Lipinski definition) is 6. The number of ether oxygens (including phenoxy) is 5. The van der Waals surface area contributed by atoms with Crippen LogP contribution in [-0.2, 0) is 23.7 Å². The minimum absolute atomic E-state index is 0.0286. The second-order valence-electron chi connectivity index (χ2n) is 17.9. The molecule has 0 fully saturated rings. The Balaban J connectivity index is -0.000000675. The summed E-state index contributed by atoms with van der Waals surface area (Å²) in [5.74, 6) is 2.48. The van der Waals surface area contributed by atoms with Gasteiger partial charge in [-0.15, -0.1) is 0 Å². The molecule has 0 saturated carbocycles. The molecule has 0 aliphatic carbocycles. The zero-order chi connectivity index (χ0) is 38.7. The van der Waals surface area contributed by atoms with Crippen molar-refractivity contribution in [1.82, 2.24) is 5.32 Å². The fourth-order valence-corrected chi connectivity index (χ4v) is 4.38. The molecule has 304 valence electrons. The minimum Gasteiger partial charge on any atom is -0.381 e. The molecule has 0 rings (SSSR count). The van der Waals surface area contributed by atoms with Crippen molar-refractivity contribution >= 4 is 0 Å². The van der Waals surface area contributed by atoms with Crippen LogP contribution in [0.1, 0.15) is 181 Å². The molecule has 0 saturated heterocycles.